The van der Waals surface area contributed by atoms with Crippen molar-refractivity contribution in [3.8, 4) is 5.75 Å². The van der Waals surface area contributed by atoms with Gasteiger partial charge in [0.05, 0.1) is 7.11 Å². The normalized spacial score (nSPS) is 19.0. The van der Waals surface area contributed by atoms with Crippen molar-refractivity contribution in [3.05, 3.63) is 29.3 Å². The van der Waals surface area contributed by atoms with Gasteiger partial charge in [0.25, 0.3) is 0 Å². The Balaban J connectivity index is 2.20. The molecule has 0 spiro atoms. The topological polar surface area (TPSA) is 21.3 Å². The van der Waals surface area contributed by atoms with Crippen LogP contribution in [-0.2, 0) is 0 Å². The van der Waals surface area contributed by atoms with Gasteiger partial charge in [-0.25, -0.2) is 0 Å². The Morgan fingerprint density at radius 3 is 2.65 bits per heavy atom. The zero-order valence-electron chi connectivity index (χ0n) is 11.1. The molecule has 1 saturated heterocycles. The average molecular weight is 233 g/mol. The highest BCUT2D eigenvalue weighted by Gasteiger charge is 2.22. The Bertz CT molecular complexity index is 369. The lowest BCUT2D eigenvalue weighted by molar-refractivity contribution is 0.328. The van der Waals surface area contributed by atoms with E-state index in [0.29, 0.717) is 5.92 Å². The Morgan fingerprint density at radius 1 is 1.29 bits per heavy atom. The molecule has 17 heavy (non-hydrogen) atoms. The Labute approximate surface area is 104 Å². The third-order valence-corrected chi connectivity index (χ3v) is 4.13. The van der Waals surface area contributed by atoms with Crippen LogP contribution in [0.3, 0.4) is 0 Å². The highest BCUT2D eigenvalue weighted by atomic mass is 16.5. The van der Waals surface area contributed by atoms with Crippen molar-refractivity contribution in [2.24, 2.45) is 5.92 Å². The summed E-state index contributed by atoms with van der Waals surface area (Å²) in [5.41, 5.74) is 2.76. The van der Waals surface area contributed by atoms with Crippen molar-refractivity contribution in [3.63, 3.8) is 0 Å². The standard InChI is InChI=1S/C15H23NO/c1-11(13-7-9-16-10-8-13)14-5-4-6-15(17-3)12(14)2/h4-6,11,13,16H,7-10H2,1-3H3. The molecule has 94 valence electrons. The first kappa shape index (κ1) is 12.4. The van der Waals surface area contributed by atoms with E-state index in [4.69, 9.17) is 4.74 Å². The van der Waals surface area contributed by atoms with E-state index in [0.717, 1.165) is 24.8 Å². The number of methoxy groups -OCH3 is 1. The summed E-state index contributed by atoms with van der Waals surface area (Å²) in [5, 5.41) is 3.43. The number of nitrogens with one attached hydrogen (secondary N) is 1. The van der Waals surface area contributed by atoms with Gasteiger partial charge < -0.3 is 10.1 Å². The van der Waals surface area contributed by atoms with E-state index < -0.39 is 0 Å². The summed E-state index contributed by atoms with van der Waals surface area (Å²) in [6.45, 7) is 6.86. The minimum Gasteiger partial charge on any atom is -0.496 e. The molecule has 2 heteroatoms. The van der Waals surface area contributed by atoms with Crippen molar-refractivity contribution >= 4 is 0 Å². The Hall–Kier alpha value is -1.02. The van der Waals surface area contributed by atoms with Gasteiger partial charge in [-0.05, 0) is 61.9 Å². The van der Waals surface area contributed by atoms with Crippen LogP contribution in [0.1, 0.15) is 36.8 Å². The van der Waals surface area contributed by atoms with Crippen molar-refractivity contribution < 1.29 is 4.74 Å². The summed E-state index contributed by atoms with van der Waals surface area (Å²) >= 11 is 0. The molecular formula is C15H23NO. The first-order valence-electron chi connectivity index (χ1n) is 6.58. The fourth-order valence-corrected chi connectivity index (χ4v) is 2.94. The summed E-state index contributed by atoms with van der Waals surface area (Å²) < 4.78 is 5.41. The third-order valence-electron chi connectivity index (χ3n) is 4.13. The molecule has 0 aromatic heterocycles. The Morgan fingerprint density at radius 2 is 2.00 bits per heavy atom. The van der Waals surface area contributed by atoms with Crippen molar-refractivity contribution in [1.29, 1.82) is 0 Å². The summed E-state index contributed by atoms with van der Waals surface area (Å²) in [5.74, 6) is 2.46. The van der Waals surface area contributed by atoms with E-state index in [9.17, 15) is 0 Å². The second kappa shape index (κ2) is 5.54. The number of benzene rings is 1. The maximum Gasteiger partial charge on any atom is 0.122 e. The lowest BCUT2D eigenvalue weighted by atomic mass is 9.80. The van der Waals surface area contributed by atoms with E-state index in [-0.39, 0.29) is 0 Å². The SMILES string of the molecule is COc1cccc(C(C)C2CCNCC2)c1C. The lowest BCUT2D eigenvalue weighted by Gasteiger charge is -2.29. The summed E-state index contributed by atoms with van der Waals surface area (Å²) in [4.78, 5) is 0. The molecule has 1 unspecified atom stereocenters. The molecule has 1 aliphatic heterocycles. The molecule has 1 fully saturated rings. The molecule has 1 N–H and O–H groups in total. The first-order valence-corrected chi connectivity index (χ1v) is 6.58. The van der Waals surface area contributed by atoms with Crippen LogP contribution in [0, 0.1) is 12.8 Å². The van der Waals surface area contributed by atoms with E-state index >= 15 is 0 Å². The number of piperidine rings is 1. The van der Waals surface area contributed by atoms with E-state index in [1.165, 1.54) is 24.0 Å². The zero-order chi connectivity index (χ0) is 12.3. The average Bonchev–Trinajstić information content (AvgIpc) is 2.39. The number of rotatable bonds is 3. The second-order valence-corrected chi connectivity index (χ2v) is 5.05. The van der Waals surface area contributed by atoms with Crippen LogP contribution >= 0.6 is 0 Å². The third kappa shape index (κ3) is 2.63. The van der Waals surface area contributed by atoms with Gasteiger partial charge in [-0.1, -0.05) is 19.1 Å². The largest absolute Gasteiger partial charge is 0.496 e. The Kier molecular flexibility index (Phi) is 4.06. The van der Waals surface area contributed by atoms with Crippen LogP contribution in [0.15, 0.2) is 18.2 Å². The quantitative estimate of drug-likeness (QED) is 0.866. The summed E-state index contributed by atoms with van der Waals surface area (Å²) in [7, 11) is 1.75. The van der Waals surface area contributed by atoms with Gasteiger partial charge >= 0.3 is 0 Å². The van der Waals surface area contributed by atoms with Crippen LogP contribution in [-0.4, -0.2) is 20.2 Å². The summed E-state index contributed by atoms with van der Waals surface area (Å²) in [6, 6.07) is 6.41. The number of hydrogen-bond acceptors (Lipinski definition) is 2. The molecular weight excluding hydrogens is 210 g/mol. The monoisotopic (exact) mass is 233 g/mol. The van der Waals surface area contributed by atoms with Gasteiger partial charge in [-0.3, -0.25) is 0 Å². The fourth-order valence-electron chi connectivity index (χ4n) is 2.94. The van der Waals surface area contributed by atoms with Crippen molar-refractivity contribution in [2.75, 3.05) is 20.2 Å². The minimum absolute atomic E-state index is 0.632. The molecule has 1 aromatic rings. The van der Waals surface area contributed by atoms with Gasteiger partial charge in [-0.15, -0.1) is 0 Å². The van der Waals surface area contributed by atoms with Gasteiger partial charge in [0.1, 0.15) is 5.75 Å². The lowest BCUT2D eigenvalue weighted by Crippen LogP contribution is -2.30. The van der Waals surface area contributed by atoms with Crippen LogP contribution < -0.4 is 10.1 Å². The van der Waals surface area contributed by atoms with Gasteiger partial charge in [-0.2, -0.15) is 0 Å². The molecule has 1 heterocycles. The highest BCUT2D eigenvalue weighted by Crippen LogP contribution is 2.35. The molecule has 2 nitrogen and oxygen atoms in total. The molecule has 1 atom stereocenters. The molecule has 1 aromatic carbocycles. The smallest absolute Gasteiger partial charge is 0.122 e. The molecule has 1 aliphatic rings. The highest BCUT2D eigenvalue weighted by molar-refractivity contribution is 5.41. The van der Waals surface area contributed by atoms with E-state index in [1.54, 1.807) is 7.11 Å². The van der Waals surface area contributed by atoms with Crippen LogP contribution in [0.2, 0.25) is 0 Å². The van der Waals surface area contributed by atoms with Crippen LogP contribution in [0.5, 0.6) is 5.75 Å². The van der Waals surface area contributed by atoms with E-state index in [2.05, 4.69) is 31.3 Å². The second-order valence-electron chi connectivity index (χ2n) is 5.05. The fraction of sp³-hybridized carbons (Fsp3) is 0.600. The van der Waals surface area contributed by atoms with Crippen molar-refractivity contribution in [1.82, 2.24) is 5.32 Å². The molecule has 0 bridgehead atoms. The van der Waals surface area contributed by atoms with Gasteiger partial charge in [0, 0.05) is 0 Å². The van der Waals surface area contributed by atoms with E-state index in [1.807, 2.05) is 6.07 Å². The maximum absolute atomic E-state index is 5.41. The molecule has 0 saturated carbocycles. The molecule has 0 aliphatic carbocycles. The van der Waals surface area contributed by atoms with Gasteiger partial charge in [0.2, 0.25) is 0 Å². The predicted molar refractivity (Wildman–Crippen MR) is 71.7 cm³/mol. The molecule has 0 amide bonds. The summed E-state index contributed by atoms with van der Waals surface area (Å²) in [6.07, 6.45) is 2.58. The predicted octanol–water partition coefficient (Wildman–Crippen LogP) is 3.11. The van der Waals surface area contributed by atoms with Crippen LogP contribution in [0.4, 0.5) is 0 Å². The zero-order valence-corrected chi connectivity index (χ0v) is 11.1. The molecule has 2 rings (SSSR count). The molecule has 0 radical (unpaired) electrons. The van der Waals surface area contributed by atoms with Gasteiger partial charge in [0.15, 0.2) is 0 Å². The van der Waals surface area contributed by atoms with Crippen molar-refractivity contribution in [2.45, 2.75) is 32.6 Å². The first-order chi connectivity index (χ1) is 8.24. The number of hydrogen-bond donors (Lipinski definition) is 1. The van der Waals surface area contributed by atoms with Crippen LogP contribution in [0.25, 0.3) is 0 Å². The minimum atomic E-state index is 0.632. The number of ether oxygens (including phenoxy) is 1. The maximum atomic E-state index is 5.41.